The summed E-state index contributed by atoms with van der Waals surface area (Å²) in [5.74, 6) is -4.52. The van der Waals surface area contributed by atoms with Gasteiger partial charge in [-0.1, -0.05) is 0 Å². The van der Waals surface area contributed by atoms with E-state index < -0.39 is 59.9 Å². The van der Waals surface area contributed by atoms with Gasteiger partial charge in [-0.2, -0.15) is 0 Å². The second-order valence-electron chi connectivity index (χ2n) is 7.02. The monoisotopic (exact) mass is 416 g/mol. The van der Waals surface area contributed by atoms with Crippen molar-refractivity contribution in [3.63, 3.8) is 0 Å². The summed E-state index contributed by atoms with van der Waals surface area (Å²) >= 11 is 0. The molecule has 0 bridgehead atoms. The van der Waals surface area contributed by atoms with Crippen LogP contribution in [-0.4, -0.2) is 86.7 Å². The number of carboxylic acid groups (broad SMARTS) is 2. The fourth-order valence-electron chi connectivity index (χ4n) is 2.93. The van der Waals surface area contributed by atoms with Crippen LogP contribution in [0.5, 0.6) is 0 Å². The topological polar surface area (TPSA) is 199 Å². The molecule has 1 fully saturated rings. The minimum Gasteiger partial charge on any atom is -0.481 e. The van der Waals surface area contributed by atoms with Crippen molar-refractivity contribution >= 4 is 29.7 Å². The van der Waals surface area contributed by atoms with Crippen molar-refractivity contribution in [1.29, 1.82) is 0 Å². The molecule has 5 atom stereocenters. The minimum atomic E-state index is -1.39. The lowest BCUT2D eigenvalue weighted by Crippen LogP contribution is -2.59. The maximum Gasteiger partial charge on any atom is 0.326 e. The number of carbonyl (C=O) groups excluding carboxylic acids is 3. The lowest BCUT2D eigenvalue weighted by atomic mass is 10.1. The van der Waals surface area contributed by atoms with E-state index in [1.54, 1.807) is 0 Å². The second-order valence-corrected chi connectivity index (χ2v) is 7.02. The molecule has 1 rings (SSSR count). The second kappa shape index (κ2) is 10.7. The molecule has 1 saturated heterocycles. The quantitative estimate of drug-likeness (QED) is 0.225. The molecule has 12 heteroatoms. The van der Waals surface area contributed by atoms with E-state index in [0.29, 0.717) is 6.42 Å². The molecule has 0 radical (unpaired) electrons. The van der Waals surface area contributed by atoms with Gasteiger partial charge in [0, 0.05) is 13.0 Å². The van der Waals surface area contributed by atoms with Gasteiger partial charge in [0.2, 0.25) is 17.7 Å². The lowest BCUT2D eigenvalue weighted by Gasteiger charge is -2.29. The molecular formula is C17H28N4O8. The Kier molecular flexibility index (Phi) is 8.98. The summed E-state index contributed by atoms with van der Waals surface area (Å²) in [5.41, 5.74) is 5.57. The van der Waals surface area contributed by atoms with Gasteiger partial charge in [0.25, 0.3) is 0 Å². The average molecular weight is 416 g/mol. The molecule has 3 amide bonds. The van der Waals surface area contributed by atoms with Crippen molar-refractivity contribution < 1.29 is 39.3 Å². The van der Waals surface area contributed by atoms with Crippen LogP contribution in [-0.2, 0) is 24.0 Å². The van der Waals surface area contributed by atoms with E-state index >= 15 is 0 Å². The fourth-order valence-corrected chi connectivity index (χ4v) is 2.93. The van der Waals surface area contributed by atoms with Crippen LogP contribution in [0.2, 0.25) is 0 Å². The number of nitrogens with one attached hydrogen (secondary N) is 2. The Morgan fingerprint density at radius 1 is 1.10 bits per heavy atom. The third-order valence-corrected chi connectivity index (χ3v) is 4.63. The number of carbonyl (C=O) groups is 5. The molecule has 1 aliphatic heterocycles. The van der Waals surface area contributed by atoms with Crippen LogP contribution in [0.25, 0.3) is 0 Å². The van der Waals surface area contributed by atoms with Crippen LogP contribution in [0.3, 0.4) is 0 Å². The zero-order valence-corrected chi connectivity index (χ0v) is 16.3. The number of nitrogens with two attached hydrogens (primary N) is 1. The number of aliphatic hydroxyl groups excluding tert-OH is 1. The molecule has 0 aromatic heterocycles. The molecule has 164 valence electrons. The van der Waals surface area contributed by atoms with Crippen LogP contribution in [0.4, 0.5) is 0 Å². The van der Waals surface area contributed by atoms with Gasteiger partial charge < -0.3 is 36.6 Å². The molecular weight excluding hydrogens is 388 g/mol. The van der Waals surface area contributed by atoms with E-state index in [0.717, 1.165) is 4.90 Å². The molecule has 0 aromatic rings. The summed E-state index contributed by atoms with van der Waals surface area (Å²) in [6.07, 6.45) is -0.960. The summed E-state index contributed by atoms with van der Waals surface area (Å²) in [6.45, 7) is 2.80. The number of hydrogen-bond acceptors (Lipinski definition) is 7. The highest BCUT2D eigenvalue weighted by molar-refractivity contribution is 5.94. The highest BCUT2D eigenvalue weighted by Crippen LogP contribution is 2.19. The highest BCUT2D eigenvalue weighted by atomic mass is 16.4. The van der Waals surface area contributed by atoms with Crippen molar-refractivity contribution in [2.45, 2.75) is 69.8 Å². The number of carboxylic acids is 2. The Balaban J connectivity index is 2.72. The maximum absolute atomic E-state index is 12.7. The first-order valence-corrected chi connectivity index (χ1v) is 9.25. The van der Waals surface area contributed by atoms with Gasteiger partial charge in [-0.05, 0) is 33.1 Å². The van der Waals surface area contributed by atoms with Crippen LogP contribution >= 0.6 is 0 Å². The zero-order valence-electron chi connectivity index (χ0n) is 16.3. The predicted molar refractivity (Wildman–Crippen MR) is 98.4 cm³/mol. The summed E-state index contributed by atoms with van der Waals surface area (Å²) < 4.78 is 0. The van der Waals surface area contributed by atoms with Gasteiger partial charge in [0.05, 0.1) is 12.1 Å². The van der Waals surface area contributed by atoms with Crippen molar-refractivity contribution in [1.82, 2.24) is 15.5 Å². The first-order valence-electron chi connectivity index (χ1n) is 9.25. The molecule has 7 N–H and O–H groups in total. The van der Waals surface area contributed by atoms with Crippen molar-refractivity contribution in [2.24, 2.45) is 5.73 Å². The predicted octanol–water partition coefficient (Wildman–Crippen LogP) is -2.38. The smallest absolute Gasteiger partial charge is 0.326 e. The van der Waals surface area contributed by atoms with Crippen molar-refractivity contribution in [3.05, 3.63) is 0 Å². The Morgan fingerprint density at radius 2 is 1.72 bits per heavy atom. The standard InChI is InChI=1S/C17H28N4O8/c1-8(19-15(26)10(18)5-6-12(23)24)14(25)20-13(9(2)22)16(27)21-7-3-4-11(21)17(28)29/h8-11,13,22H,3-7,18H2,1-2H3,(H,19,26)(H,20,25)(H,23,24)(H,28,29)/t8-,9+,10-,11-,13-/m0/s1. The van der Waals surface area contributed by atoms with Crippen LogP contribution in [0, 0.1) is 0 Å². The number of rotatable bonds is 10. The van der Waals surface area contributed by atoms with Gasteiger partial charge in [-0.25, -0.2) is 4.79 Å². The Labute approximate surface area is 167 Å². The van der Waals surface area contributed by atoms with E-state index in [2.05, 4.69) is 10.6 Å². The number of amides is 3. The van der Waals surface area contributed by atoms with E-state index in [1.165, 1.54) is 13.8 Å². The van der Waals surface area contributed by atoms with Gasteiger partial charge >= 0.3 is 11.9 Å². The molecule has 1 aliphatic rings. The minimum absolute atomic E-state index is 0.115. The first-order chi connectivity index (χ1) is 13.5. The molecule has 29 heavy (non-hydrogen) atoms. The zero-order chi connectivity index (χ0) is 22.3. The molecule has 0 spiro atoms. The third-order valence-electron chi connectivity index (χ3n) is 4.63. The first kappa shape index (κ1) is 24.3. The molecule has 1 heterocycles. The van der Waals surface area contributed by atoms with Gasteiger partial charge in [-0.15, -0.1) is 0 Å². The molecule has 0 saturated carbocycles. The van der Waals surface area contributed by atoms with Gasteiger partial charge in [0.1, 0.15) is 18.1 Å². The van der Waals surface area contributed by atoms with Crippen LogP contribution in [0.1, 0.15) is 39.5 Å². The Bertz CT molecular complexity index is 653. The summed E-state index contributed by atoms with van der Waals surface area (Å²) in [7, 11) is 0. The SMILES string of the molecule is C[C@H](NC(=O)[C@@H](N)CCC(=O)O)C(=O)N[C@H](C(=O)N1CCC[C@H]1C(=O)O)[C@@H](C)O. The number of nitrogens with zero attached hydrogens (tertiary/aromatic N) is 1. The lowest BCUT2D eigenvalue weighted by molar-refractivity contribution is -0.150. The van der Waals surface area contributed by atoms with Crippen molar-refractivity contribution in [2.75, 3.05) is 6.54 Å². The fraction of sp³-hybridized carbons (Fsp3) is 0.706. The Morgan fingerprint density at radius 3 is 2.24 bits per heavy atom. The van der Waals surface area contributed by atoms with Crippen molar-refractivity contribution in [3.8, 4) is 0 Å². The van der Waals surface area contributed by atoms with Gasteiger partial charge in [0.15, 0.2) is 0 Å². The molecule has 0 aromatic carbocycles. The van der Waals surface area contributed by atoms with Gasteiger partial charge in [-0.3, -0.25) is 19.2 Å². The summed E-state index contributed by atoms with van der Waals surface area (Å²) in [6, 6.07) is -4.66. The number of hydrogen-bond donors (Lipinski definition) is 6. The number of likely N-dealkylation sites (tertiary alicyclic amines) is 1. The number of aliphatic carboxylic acids is 2. The molecule has 0 unspecified atom stereocenters. The van der Waals surface area contributed by atoms with E-state index in [1.807, 2.05) is 0 Å². The largest absolute Gasteiger partial charge is 0.481 e. The van der Waals surface area contributed by atoms with E-state index in [4.69, 9.17) is 10.8 Å². The van der Waals surface area contributed by atoms with Crippen LogP contribution < -0.4 is 16.4 Å². The summed E-state index contributed by atoms with van der Waals surface area (Å²) in [4.78, 5) is 59.9. The third kappa shape index (κ3) is 6.98. The number of aliphatic hydroxyl groups is 1. The van der Waals surface area contributed by atoms with E-state index in [-0.39, 0.29) is 25.8 Å². The normalized spacial score (nSPS) is 20.3. The van der Waals surface area contributed by atoms with Crippen LogP contribution in [0.15, 0.2) is 0 Å². The van der Waals surface area contributed by atoms with E-state index in [9.17, 15) is 34.2 Å². The molecule has 12 nitrogen and oxygen atoms in total. The average Bonchev–Trinajstić information content (AvgIpc) is 3.12. The highest BCUT2D eigenvalue weighted by Gasteiger charge is 2.39. The Hall–Kier alpha value is -2.73. The summed E-state index contributed by atoms with van der Waals surface area (Å²) in [5, 5.41) is 32.4. The molecule has 0 aliphatic carbocycles. The maximum atomic E-state index is 12.7.